The van der Waals surface area contributed by atoms with Gasteiger partial charge in [0.15, 0.2) is 0 Å². The Morgan fingerprint density at radius 1 is 0.880 bits per heavy atom. The third-order valence-corrected chi connectivity index (χ3v) is 5.66. The van der Waals surface area contributed by atoms with Crippen LogP contribution in [0.1, 0.15) is 0 Å². The van der Waals surface area contributed by atoms with Crippen LogP contribution >= 0.6 is 0 Å². The van der Waals surface area contributed by atoms with Crippen LogP contribution in [0.4, 0.5) is 16.2 Å². The molecular weight excluding hydrogens is 342 g/mol. The average Bonchev–Trinajstić information content (AvgIpc) is 2.63. The first-order valence-corrected chi connectivity index (χ1v) is 9.31. The molecule has 0 atom stereocenters. The molecule has 0 aromatic heterocycles. The molecule has 1 saturated heterocycles. The van der Waals surface area contributed by atoms with Gasteiger partial charge in [0, 0.05) is 24.5 Å². The molecule has 25 heavy (non-hydrogen) atoms. The van der Waals surface area contributed by atoms with E-state index in [1.54, 1.807) is 24.3 Å². The first kappa shape index (κ1) is 17.4. The molecule has 0 aliphatic carbocycles. The van der Waals surface area contributed by atoms with E-state index in [-0.39, 0.29) is 4.90 Å². The van der Waals surface area contributed by atoms with Gasteiger partial charge in [-0.1, -0.05) is 18.2 Å². The van der Waals surface area contributed by atoms with Gasteiger partial charge in [-0.2, -0.15) is 4.31 Å². The summed E-state index contributed by atoms with van der Waals surface area (Å²) in [6.07, 6.45) is 0. The highest BCUT2D eigenvalue weighted by molar-refractivity contribution is 7.89. The first-order chi connectivity index (χ1) is 12.1. The van der Waals surface area contributed by atoms with Crippen molar-refractivity contribution >= 4 is 27.4 Å². The summed E-state index contributed by atoms with van der Waals surface area (Å²) in [5.74, 6) is 0. The molecule has 0 bridgehead atoms. The van der Waals surface area contributed by atoms with Gasteiger partial charge < -0.3 is 15.4 Å². The lowest BCUT2D eigenvalue weighted by Crippen LogP contribution is -2.40. The number of hydrogen-bond acceptors (Lipinski definition) is 4. The van der Waals surface area contributed by atoms with Crippen LogP contribution in [0.25, 0.3) is 0 Å². The van der Waals surface area contributed by atoms with Crippen LogP contribution in [0, 0.1) is 0 Å². The lowest BCUT2D eigenvalue weighted by Gasteiger charge is -2.26. The number of hydrogen-bond donors (Lipinski definition) is 2. The Balaban J connectivity index is 1.64. The van der Waals surface area contributed by atoms with Crippen LogP contribution in [0.15, 0.2) is 59.5 Å². The number of para-hydroxylation sites is 1. The zero-order valence-corrected chi connectivity index (χ0v) is 14.3. The summed E-state index contributed by atoms with van der Waals surface area (Å²) in [6, 6.07) is 14.8. The molecule has 2 aromatic rings. The molecule has 8 heteroatoms. The van der Waals surface area contributed by atoms with E-state index >= 15 is 0 Å². The number of amides is 2. The highest BCUT2D eigenvalue weighted by Gasteiger charge is 2.26. The molecule has 2 N–H and O–H groups in total. The zero-order valence-electron chi connectivity index (χ0n) is 13.5. The second kappa shape index (κ2) is 7.64. The van der Waals surface area contributed by atoms with Gasteiger partial charge in [0.05, 0.1) is 18.1 Å². The highest BCUT2D eigenvalue weighted by atomic mass is 32.2. The summed E-state index contributed by atoms with van der Waals surface area (Å²) >= 11 is 0. The van der Waals surface area contributed by atoms with Crippen molar-refractivity contribution in [3.8, 4) is 0 Å². The molecule has 1 aliphatic heterocycles. The molecule has 0 unspecified atom stereocenters. The largest absolute Gasteiger partial charge is 0.379 e. The molecule has 1 fully saturated rings. The van der Waals surface area contributed by atoms with Crippen molar-refractivity contribution in [3.05, 3.63) is 54.6 Å². The number of anilines is 2. The summed E-state index contributed by atoms with van der Waals surface area (Å²) < 4.78 is 31.7. The van der Waals surface area contributed by atoms with Gasteiger partial charge >= 0.3 is 6.03 Å². The van der Waals surface area contributed by atoms with Gasteiger partial charge in [0.1, 0.15) is 0 Å². The van der Waals surface area contributed by atoms with E-state index in [0.717, 1.165) is 0 Å². The molecular formula is C17H19N3O4S. The van der Waals surface area contributed by atoms with Crippen LogP contribution in [0.5, 0.6) is 0 Å². The highest BCUT2D eigenvalue weighted by Crippen LogP contribution is 2.19. The monoisotopic (exact) mass is 361 g/mol. The maximum absolute atomic E-state index is 12.5. The molecule has 2 amide bonds. The summed E-state index contributed by atoms with van der Waals surface area (Å²) in [5.41, 5.74) is 1.18. The van der Waals surface area contributed by atoms with E-state index in [1.807, 2.05) is 18.2 Å². The van der Waals surface area contributed by atoms with Crippen molar-refractivity contribution in [2.75, 3.05) is 36.9 Å². The number of morpholine rings is 1. The Morgan fingerprint density at radius 2 is 1.44 bits per heavy atom. The summed E-state index contributed by atoms with van der Waals surface area (Å²) in [4.78, 5) is 12.1. The number of nitrogens with one attached hydrogen (secondary N) is 2. The second-order valence-electron chi connectivity index (χ2n) is 5.49. The minimum Gasteiger partial charge on any atom is -0.379 e. The van der Waals surface area contributed by atoms with E-state index < -0.39 is 16.1 Å². The van der Waals surface area contributed by atoms with Crippen molar-refractivity contribution in [2.45, 2.75) is 4.90 Å². The van der Waals surface area contributed by atoms with Gasteiger partial charge in [-0.15, -0.1) is 0 Å². The maximum atomic E-state index is 12.5. The normalized spacial score (nSPS) is 15.5. The number of urea groups is 1. The lowest BCUT2D eigenvalue weighted by molar-refractivity contribution is 0.0730. The number of carbonyl (C=O) groups is 1. The number of nitrogens with zero attached hydrogens (tertiary/aromatic N) is 1. The van der Waals surface area contributed by atoms with Gasteiger partial charge in [0.2, 0.25) is 10.0 Å². The number of sulfonamides is 1. The fraction of sp³-hybridized carbons (Fsp3) is 0.235. The fourth-order valence-electron chi connectivity index (χ4n) is 2.46. The van der Waals surface area contributed by atoms with Crippen molar-refractivity contribution in [1.82, 2.24) is 4.31 Å². The van der Waals surface area contributed by atoms with Gasteiger partial charge in [-0.05, 0) is 36.4 Å². The average molecular weight is 361 g/mol. The Labute approximate surface area is 146 Å². The fourth-order valence-corrected chi connectivity index (χ4v) is 3.87. The van der Waals surface area contributed by atoms with E-state index in [2.05, 4.69) is 10.6 Å². The summed E-state index contributed by atoms with van der Waals surface area (Å²) in [6.45, 7) is 1.50. The van der Waals surface area contributed by atoms with Crippen molar-refractivity contribution in [2.24, 2.45) is 0 Å². The summed E-state index contributed by atoms with van der Waals surface area (Å²) in [5, 5.41) is 5.37. The standard InChI is InChI=1S/C17H19N3O4S/c21-17(18-14-4-2-1-3-5-14)19-15-6-8-16(9-7-15)25(22,23)20-10-12-24-13-11-20/h1-9H,10-13H2,(H2,18,19,21). The smallest absolute Gasteiger partial charge is 0.323 e. The molecule has 0 spiro atoms. The van der Waals surface area contributed by atoms with Crippen LogP contribution < -0.4 is 10.6 Å². The lowest BCUT2D eigenvalue weighted by atomic mass is 10.3. The molecule has 0 saturated carbocycles. The number of benzene rings is 2. The SMILES string of the molecule is O=C(Nc1ccccc1)Nc1ccc(S(=O)(=O)N2CCOCC2)cc1. The Bertz CT molecular complexity index is 817. The predicted octanol–water partition coefficient (Wildman–Crippen LogP) is 2.35. The molecule has 132 valence electrons. The number of ether oxygens (including phenoxy) is 1. The van der Waals surface area contributed by atoms with E-state index in [0.29, 0.717) is 37.7 Å². The molecule has 1 heterocycles. The number of carbonyl (C=O) groups excluding carboxylic acids is 1. The number of rotatable bonds is 4. The van der Waals surface area contributed by atoms with Crippen LogP contribution in [-0.2, 0) is 14.8 Å². The predicted molar refractivity (Wildman–Crippen MR) is 95.1 cm³/mol. The molecule has 2 aromatic carbocycles. The molecule has 1 aliphatic rings. The second-order valence-corrected chi connectivity index (χ2v) is 7.42. The molecule has 7 nitrogen and oxygen atoms in total. The van der Waals surface area contributed by atoms with E-state index in [1.165, 1.54) is 16.4 Å². The van der Waals surface area contributed by atoms with Crippen LogP contribution in [-0.4, -0.2) is 45.1 Å². The van der Waals surface area contributed by atoms with Crippen LogP contribution in [0.3, 0.4) is 0 Å². The molecule has 3 rings (SSSR count). The quantitative estimate of drug-likeness (QED) is 0.875. The summed E-state index contributed by atoms with van der Waals surface area (Å²) in [7, 11) is -3.53. The van der Waals surface area contributed by atoms with Crippen molar-refractivity contribution in [1.29, 1.82) is 0 Å². The van der Waals surface area contributed by atoms with E-state index in [4.69, 9.17) is 4.74 Å². The molecule has 0 radical (unpaired) electrons. The van der Waals surface area contributed by atoms with Gasteiger partial charge in [0.25, 0.3) is 0 Å². The van der Waals surface area contributed by atoms with Crippen LogP contribution in [0.2, 0.25) is 0 Å². The minimum absolute atomic E-state index is 0.198. The Hall–Kier alpha value is -2.42. The van der Waals surface area contributed by atoms with E-state index in [9.17, 15) is 13.2 Å². The zero-order chi connectivity index (χ0) is 17.7. The first-order valence-electron chi connectivity index (χ1n) is 7.87. The topological polar surface area (TPSA) is 87.7 Å². The van der Waals surface area contributed by atoms with Crippen molar-refractivity contribution < 1.29 is 17.9 Å². The Morgan fingerprint density at radius 3 is 2.04 bits per heavy atom. The van der Waals surface area contributed by atoms with Gasteiger partial charge in [-0.3, -0.25) is 0 Å². The maximum Gasteiger partial charge on any atom is 0.323 e. The van der Waals surface area contributed by atoms with Crippen molar-refractivity contribution in [3.63, 3.8) is 0 Å². The minimum atomic E-state index is -3.53. The third-order valence-electron chi connectivity index (χ3n) is 3.75. The third kappa shape index (κ3) is 4.36. The Kier molecular flexibility index (Phi) is 5.32. The van der Waals surface area contributed by atoms with Gasteiger partial charge in [-0.25, -0.2) is 13.2 Å².